The number of rotatable bonds is 2. The Balaban J connectivity index is 1.26. The monoisotopic (exact) mass is 740 g/mol. The lowest BCUT2D eigenvalue weighted by molar-refractivity contribution is 1.08. The number of aromatic nitrogens is 4. The third-order valence-corrected chi connectivity index (χ3v) is 13.6. The third-order valence-electron chi connectivity index (χ3n) is 12.4. The van der Waals surface area contributed by atoms with E-state index in [-0.39, 0.29) is 0 Å². The Labute approximate surface area is 328 Å². The first-order valence-electron chi connectivity index (χ1n) is 19.4. The molecule has 0 atom stereocenters. The molecule has 57 heavy (non-hydrogen) atoms. The summed E-state index contributed by atoms with van der Waals surface area (Å²) in [5.41, 5.74) is 9.62. The van der Waals surface area contributed by atoms with Crippen molar-refractivity contribution in [2.24, 2.45) is 0 Å². The summed E-state index contributed by atoms with van der Waals surface area (Å²) in [6, 6.07) is 61.8. The predicted octanol–water partition coefficient (Wildman–Crippen LogP) is 14.2. The molecule has 5 heterocycles. The van der Waals surface area contributed by atoms with Gasteiger partial charge in [0.15, 0.2) is 5.82 Å². The Morgan fingerprint density at radius 1 is 0.386 bits per heavy atom. The van der Waals surface area contributed by atoms with Gasteiger partial charge in [-0.15, -0.1) is 11.3 Å². The molecule has 0 unspecified atom stereocenters. The average molecular weight is 741 g/mol. The molecule has 0 saturated carbocycles. The summed E-state index contributed by atoms with van der Waals surface area (Å²) in [6.45, 7) is 0. The normalized spacial score (nSPS) is 12.6. The van der Waals surface area contributed by atoms with Crippen molar-refractivity contribution in [2.45, 2.75) is 0 Å². The summed E-state index contributed by atoms with van der Waals surface area (Å²) in [7, 11) is 0. The predicted molar refractivity (Wildman–Crippen MR) is 242 cm³/mol. The second-order valence-electron chi connectivity index (χ2n) is 15.2. The molecule has 0 saturated heterocycles. The van der Waals surface area contributed by atoms with Crippen molar-refractivity contribution in [2.75, 3.05) is 0 Å². The van der Waals surface area contributed by atoms with Crippen molar-refractivity contribution in [3.05, 3.63) is 170 Å². The zero-order valence-corrected chi connectivity index (χ0v) is 31.2. The molecule has 5 heteroatoms. The molecular formula is C52H28N4S. The fourth-order valence-electron chi connectivity index (χ4n) is 10.1. The molecule has 0 bridgehead atoms. The van der Waals surface area contributed by atoms with Gasteiger partial charge in [0.2, 0.25) is 0 Å². The van der Waals surface area contributed by atoms with Gasteiger partial charge in [0.25, 0.3) is 0 Å². The zero-order valence-electron chi connectivity index (χ0n) is 30.4. The minimum Gasteiger partial charge on any atom is -0.306 e. The van der Waals surface area contributed by atoms with Gasteiger partial charge < -0.3 is 4.40 Å². The van der Waals surface area contributed by atoms with Crippen molar-refractivity contribution in [1.29, 1.82) is 0 Å². The van der Waals surface area contributed by atoms with Gasteiger partial charge in [-0.1, -0.05) is 140 Å². The van der Waals surface area contributed by atoms with Crippen molar-refractivity contribution >= 4 is 124 Å². The summed E-state index contributed by atoms with van der Waals surface area (Å²) in [6.07, 6.45) is 0. The van der Waals surface area contributed by atoms with E-state index in [2.05, 4.69) is 179 Å². The van der Waals surface area contributed by atoms with Crippen LogP contribution >= 0.6 is 11.3 Å². The van der Waals surface area contributed by atoms with E-state index in [0.29, 0.717) is 0 Å². The summed E-state index contributed by atoms with van der Waals surface area (Å²) in [4.78, 5) is 11.2. The van der Waals surface area contributed by atoms with Gasteiger partial charge in [-0.25, -0.2) is 9.97 Å². The minimum atomic E-state index is 0.830. The number of benzene rings is 9. The highest BCUT2D eigenvalue weighted by atomic mass is 32.1. The van der Waals surface area contributed by atoms with Crippen molar-refractivity contribution in [3.63, 3.8) is 0 Å². The molecule has 0 N–H and O–H groups in total. The van der Waals surface area contributed by atoms with Crippen molar-refractivity contribution in [1.82, 2.24) is 18.9 Å². The maximum atomic E-state index is 5.65. The van der Waals surface area contributed by atoms with Crippen LogP contribution in [0.2, 0.25) is 0 Å². The molecule has 262 valence electrons. The van der Waals surface area contributed by atoms with E-state index in [9.17, 15) is 0 Å². The molecule has 9 aromatic carbocycles. The molecule has 0 aliphatic carbocycles. The molecule has 0 fully saturated rings. The molecule has 5 aromatic heterocycles. The minimum absolute atomic E-state index is 0.830. The highest BCUT2D eigenvalue weighted by Gasteiger charge is 2.28. The molecule has 14 rings (SSSR count). The second kappa shape index (κ2) is 10.7. The molecule has 0 aliphatic heterocycles. The Hall–Kier alpha value is -7.34. The summed E-state index contributed by atoms with van der Waals surface area (Å²) in [5, 5.41) is 15.0. The lowest BCUT2D eigenvalue weighted by Gasteiger charge is -2.15. The van der Waals surface area contributed by atoms with Gasteiger partial charge in [0, 0.05) is 58.1 Å². The number of para-hydroxylation sites is 4. The number of hydrogen-bond acceptors (Lipinski definition) is 3. The number of fused-ring (bicyclic) bond motifs is 19. The molecule has 14 aromatic rings. The highest BCUT2D eigenvalue weighted by molar-refractivity contribution is 7.26. The maximum Gasteiger partial charge on any atom is 0.165 e. The largest absolute Gasteiger partial charge is 0.306 e. The van der Waals surface area contributed by atoms with Gasteiger partial charge in [0.1, 0.15) is 5.69 Å². The van der Waals surface area contributed by atoms with Crippen LogP contribution in [0.15, 0.2) is 170 Å². The van der Waals surface area contributed by atoms with E-state index in [4.69, 9.17) is 9.97 Å². The summed E-state index contributed by atoms with van der Waals surface area (Å²) < 4.78 is 7.50. The molecule has 0 spiro atoms. The van der Waals surface area contributed by atoms with E-state index >= 15 is 0 Å². The van der Waals surface area contributed by atoms with Crippen LogP contribution in [0.5, 0.6) is 0 Å². The van der Waals surface area contributed by atoms with Crippen LogP contribution in [-0.4, -0.2) is 18.9 Å². The van der Waals surface area contributed by atoms with E-state index in [1.165, 1.54) is 90.6 Å². The average Bonchev–Trinajstić information content (AvgIpc) is 4.02. The Kier molecular flexibility index (Phi) is 5.62. The van der Waals surface area contributed by atoms with Gasteiger partial charge in [-0.05, 0) is 51.9 Å². The van der Waals surface area contributed by atoms with Crippen molar-refractivity contribution in [3.8, 4) is 17.1 Å². The van der Waals surface area contributed by atoms with Crippen LogP contribution in [0.1, 0.15) is 0 Å². The zero-order chi connectivity index (χ0) is 36.9. The number of hydrogen-bond donors (Lipinski definition) is 0. The van der Waals surface area contributed by atoms with Crippen LogP contribution in [0.25, 0.3) is 130 Å². The SMILES string of the molecule is c1ccc2c(c1)ccc1c2c2cccc3c4c5ccccc5c5c6ccccc6n(-c6nc7ccccc7nc6-c6cccc7c6sc6ccccc67)c5c4n1c23. The molecule has 4 nitrogen and oxygen atoms in total. The van der Waals surface area contributed by atoms with Crippen LogP contribution in [0.3, 0.4) is 0 Å². The quantitative estimate of drug-likeness (QED) is 0.177. The second-order valence-corrected chi connectivity index (χ2v) is 16.3. The molecule has 0 aliphatic rings. The first-order chi connectivity index (χ1) is 28.3. The molecule has 0 amide bonds. The van der Waals surface area contributed by atoms with Crippen LogP contribution < -0.4 is 0 Å². The lowest BCUT2D eigenvalue weighted by atomic mass is 9.97. The van der Waals surface area contributed by atoms with Gasteiger partial charge in [-0.3, -0.25) is 4.57 Å². The Morgan fingerprint density at radius 2 is 1.00 bits per heavy atom. The van der Waals surface area contributed by atoms with Gasteiger partial charge in [0.05, 0.1) is 38.6 Å². The third kappa shape index (κ3) is 3.72. The smallest absolute Gasteiger partial charge is 0.165 e. The standard InChI is InChI=1S/C52H28N4S/c1-2-14-30-29(13-1)27-28-42-44(30)36-20-12-21-37-46-33-17-4-3-16-32(33)45-35-18-5-9-25-41(35)56(50(45)49(46)55(42)48(36)37)52-47(53-39-23-7-8-24-40(39)54-52)38-22-11-19-34-31-15-6-10-26-43(31)57-51(34)38/h1-28H. The Bertz CT molecular complexity index is 4050. The van der Waals surface area contributed by atoms with E-state index < -0.39 is 0 Å². The molecular weight excluding hydrogens is 713 g/mol. The first-order valence-corrected chi connectivity index (χ1v) is 20.2. The van der Waals surface area contributed by atoms with Crippen molar-refractivity contribution < 1.29 is 0 Å². The summed E-state index contributed by atoms with van der Waals surface area (Å²) in [5.74, 6) is 0.830. The van der Waals surface area contributed by atoms with Gasteiger partial charge in [-0.2, -0.15) is 0 Å². The fourth-order valence-corrected chi connectivity index (χ4v) is 11.4. The fraction of sp³-hybridized carbons (Fsp3) is 0. The Morgan fingerprint density at radius 3 is 1.84 bits per heavy atom. The van der Waals surface area contributed by atoms with E-state index in [1.54, 1.807) is 0 Å². The van der Waals surface area contributed by atoms with E-state index in [1.807, 2.05) is 11.3 Å². The lowest BCUT2D eigenvalue weighted by Crippen LogP contribution is -2.04. The molecule has 0 radical (unpaired) electrons. The highest BCUT2D eigenvalue weighted by Crippen LogP contribution is 2.50. The topological polar surface area (TPSA) is 35.1 Å². The van der Waals surface area contributed by atoms with Crippen LogP contribution in [-0.2, 0) is 0 Å². The number of nitrogens with zero attached hydrogens (tertiary/aromatic N) is 4. The van der Waals surface area contributed by atoms with Crippen LogP contribution in [0.4, 0.5) is 0 Å². The summed E-state index contributed by atoms with van der Waals surface area (Å²) >= 11 is 1.83. The van der Waals surface area contributed by atoms with E-state index in [0.717, 1.165) is 39.1 Å². The van der Waals surface area contributed by atoms with Crippen LogP contribution in [0, 0.1) is 0 Å². The first kappa shape index (κ1) is 29.9. The van der Waals surface area contributed by atoms with Gasteiger partial charge >= 0.3 is 0 Å². The maximum absolute atomic E-state index is 5.65. The number of thiophene rings is 1.